The van der Waals surface area contributed by atoms with Gasteiger partial charge in [-0.05, 0) is 53.2 Å². The first-order valence-electron chi connectivity index (χ1n) is 6.86. The highest BCUT2D eigenvalue weighted by molar-refractivity contribution is 4.88. The van der Waals surface area contributed by atoms with Gasteiger partial charge in [-0.1, -0.05) is 0 Å². The summed E-state index contributed by atoms with van der Waals surface area (Å²) in [5, 5.41) is 3.41. The fourth-order valence-corrected chi connectivity index (χ4v) is 3.12. The zero-order chi connectivity index (χ0) is 11.5. The van der Waals surface area contributed by atoms with E-state index in [0.717, 1.165) is 18.1 Å². The Bertz CT molecular complexity index is 209. The Hall–Kier alpha value is -0.120. The Morgan fingerprint density at radius 2 is 1.75 bits per heavy atom. The van der Waals surface area contributed by atoms with Crippen LogP contribution in [0.2, 0.25) is 0 Å². The van der Waals surface area contributed by atoms with Crippen LogP contribution in [-0.4, -0.2) is 61.2 Å². The summed E-state index contributed by atoms with van der Waals surface area (Å²) in [5.41, 5.74) is 0. The molecule has 0 aromatic heterocycles. The molecule has 0 amide bonds. The van der Waals surface area contributed by atoms with Gasteiger partial charge in [0.25, 0.3) is 0 Å². The standard InChI is InChI=1S/C13H27N3/c1-11(2)15-8-5-13(6-9-15)16-7-4-12(10-16)14-3/h11-14H,4-10H2,1-3H3. The molecule has 2 rings (SSSR count). The van der Waals surface area contributed by atoms with Crippen LogP contribution in [0.1, 0.15) is 33.1 Å². The van der Waals surface area contributed by atoms with E-state index in [4.69, 9.17) is 0 Å². The van der Waals surface area contributed by atoms with Crippen LogP contribution in [-0.2, 0) is 0 Å². The van der Waals surface area contributed by atoms with Crippen LogP contribution in [0.4, 0.5) is 0 Å². The lowest BCUT2D eigenvalue weighted by Crippen LogP contribution is -2.46. The lowest BCUT2D eigenvalue weighted by atomic mass is 10.0. The van der Waals surface area contributed by atoms with Gasteiger partial charge in [-0.15, -0.1) is 0 Å². The number of likely N-dealkylation sites (N-methyl/N-ethyl adjacent to an activating group) is 1. The summed E-state index contributed by atoms with van der Waals surface area (Å²) in [5.74, 6) is 0. The van der Waals surface area contributed by atoms with E-state index in [1.54, 1.807) is 0 Å². The normalized spacial score (nSPS) is 30.4. The third-order valence-corrected chi connectivity index (χ3v) is 4.37. The van der Waals surface area contributed by atoms with Crippen LogP contribution >= 0.6 is 0 Å². The summed E-state index contributed by atoms with van der Waals surface area (Å²) in [6.07, 6.45) is 4.07. The van der Waals surface area contributed by atoms with Crippen molar-refractivity contribution in [3.63, 3.8) is 0 Å². The minimum Gasteiger partial charge on any atom is -0.316 e. The maximum absolute atomic E-state index is 3.41. The van der Waals surface area contributed by atoms with Crippen LogP contribution in [0.5, 0.6) is 0 Å². The van der Waals surface area contributed by atoms with Crippen molar-refractivity contribution in [1.29, 1.82) is 0 Å². The largest absolute Gasteiger partial charge is 0.316 e. The zero-order valence-electron chi connectivity index (χ0n) is 11.1. The first-order chi connectivity index (χ1) is 7.70. The highest BCUT2D eigenvalue weighted by Crippen LogP contribution is 2.22. The molecule has 3 nitrogen and oxygen atoms in total. The van der Waals surface area contributed by atoms with E-state index in [-0.39, 0.29) is 0 Å². The summed E-state index contributed by atoms with van der Waals surface area (Å²) < 4.78 is 0. The molecule has 0 saturated carbocycles. The highest BCUT2D eigenvalue weighted by atomic mass is 15.2. The SMILES string of the molecule is CNC1CCN(C2CCN(C(C)C)CC2)C1. The third kappa shape index (κ3) is 2.76. The molecule has 0 aromatic carbocycles. The minimum absolute atomic E-state index is 0.726. The van der Waals surface area contributed by atoms with E-state index in [1.807, 2.05) is 0 Å². The van der Waals surface area contributed by atoms with Crippen molar-refractivity contribution in [2.75, 3.05) is 33.2 Å². The molecular weight excluding hydrogens is 198 g/mol. The minimum atomic E-state index is 0.726. The zero-order valence-corrected chi connectivity index (χ0v) is 11.1. The predicted octanol–water partition coefficient (Wildman–Crippen LogP) is 1.15. The van der Waals surface area contributed by atoms with Gasteiger partial charge >= 0.3 is 0 Å². The van der Waals surface area contributed by atoms with E-state index in [0.29, 0.717) is 0 Å². The lowest BCUT2D eigenvalue weighted by molar-refractivity contribution is 0.106. The molecule has 2 saturated heterocycles. The van der Waals surface area contributed by atoms with Gasteiger partial charge in [0.1, 0.15) is 0 Å². The average Bonchev–Trinajstić information content (AvgIpc) is 2.77. The average molecular weight is 225 g/mol. The second-order valence-corrected chi connectivity index (χ2v) is 5.63. The fraction of sp³-hybridized carbons (Fsp3) is 1.00. The van der Waals surface area contributed by atoms with Crippen LogP contribution in [0.15, 0.2) is 0 Å². The molecule has 3 heteroatoms. The van der Waals surface area contributed by atoms with Crippen LogP contribution in [0, 0.1) is 0 Å². The first kappa shape index (κ1) is 12.3. The Morgan fingerprint density at radius 1 is 1.06 bits per heavy atom. The first-order valence-corrected chi connectivity index (χ1v) is 6.86. The van der Waals surface area contributed by atoms with Crippen molar-refractivity contribution in [1.82, 2.24) is 15.1 Å². The number of nitrogens with zero attached hydrogens (tertiary/aromatic N) is 2. The van der Waals surface area contributed by atoms with E-state index < -0.39 is 0 Å². The van der Waals surface area contributed by atoms with Gasteiger partial charge in [-0.3, -0.25) is 4.90 Å². The highest BCUT2D eigenvalue weighted by Gasteiger charge is 2.30. The summed E-state index contributed by atoms with van der Waals surface area (Å²) in [6.45, 7) is 9.78. The van der Waals surface area contributed by atoms with E-state index in [2.05, 4.69) is 36.0 Å². The molecule has 1 N–H and O–H groups in total. The topological polar surface area (TPSA) is 18.5 Å². The van der Waals surface area contributed by atoms with Crippen molar-refractivity contribution in [2.24, 2.45) is 0 Å². The Balaban J connectivity index is 1.77. The molecule has 0 aliphatic carbocycles. The molecule has 16 heavy (non-hydrogen) atoms. The van der Waals surface area contributed by atoms with Gasteiger partial charge in [0.05, 0.1) is 0 Å². The molecule has 2 aliphatic heterocycles. The molecule has 0 spiro atoms. The number of hydrogen-bond acceptors (Lipinski definition) is 3. The van der Waals surface area contributed by atoms with Crippen molar-refractivity contribution >= 4 is 0 Å². The van der Waals surface area contributed by atoms with Crippen molar-refractivity contribution in [3.8, 4) is 0 Å². The Kier molecular flexibility index (Phi) is 4.22. The lowest BCUT2D eigenvalue weighted by Gasteiger charge is -2.38. The molecular formula is C13H27N3. The van der Waals surface area contributed by atoms with E-state index >= 15 is 0 Å². The molecule has 2 heterocycles. The number of nitrogens with one attached hydrogen (secondary N) is 1. The summed E-state index contributed by atoms with van der Waals surface area (Å²) in [4.78, 5) is 5.32. The maximum atomic E-state index is 3.41. The van der Waals surface area contributed by atoms with Gasteiger partial charge in [0, 0.05) is 31.2 Å². The molecule has 2 aliphatic rings. The van der Waals surface area contributed by atoms with E-state index in [9.17, 15) is 0 Å². The fourth-order valence-electron chi connectivity index (χ4n) is 3.12. The van der Waals surface area contributed by atoms with Crippen LogP contribution in [0.25, 0.3) is 0 Å². The second kappa shape index (κ2) is 5.48. The third-order valence-electron chi connectivity index (χ3n) is 4.37. The number of hydrogen-bond donors (Lipinski definition) is 1. The van der Waals surface area contributed by atoms with E-state index in [1.165, 1.54) is 45.4 Å². The number of piperidine rings is 1. The smallest absolute Gasteiger partial charge is 0.0204 e. The molecule has 1 unspecified atom stereocenters. The molecule has 0 aromatic rings. The van der Waals surface area contributed by atoms with Gasteiger partial charge in [0.15, 0.2) is 0 Å². The van der Waals surface area contributed by atoms with Gasteiger partial charge < -0.3 is 10.2 Å². The molecule has 0 radical (unpaired) electrons. The number of likely N-dealkylation sites (tertiary alicyclic amines) is 2. The predicted molar refractivity (Wildman–Crippen MR) is 68.8 cm³/mol. The Labute approximate surface area is 100 Å². The molecule has 94 valence electrons. The summed E-state index contributed by atoms with van der Waals surface area (Å²) in [7, 11) is 2.09. The number of rotatable bonds is 3. The van der Waals surface area contributed by atoms with Crippen LogP contribution < -0.4 is 5.32 Å². The monoisotopic (exact) mass is 225 g/mol. The molecule has 0 bridgehead atoms. The molecule has 2 fully saturated rings. The maximum Gasteiger partial charge on any atom is 0.0204 e. The summed E-state index contributed by atoms with van der Waals surface area (Å²) >= 11 is 0. The van der Waals surface area contributed by atoms with Crippen molar-refractivity contribution < 1.29 is 0 Å². The van der Waals surface area contributed by atoms with Crippen molar-refractivity contribution in [3.05, 3.63) is 0 Å². The van der Waals surface area contributed by atoms with Gasteiger partial charge in [0.2, 0.25) is 0 Å². The summed E-state index contributed by atoms with van der Waals surface area (Å²) in [6, 6.07) is 2.32. The van der Waals surface area contributed by atoms with Gasteiger partial charge in [-0.2, -0.15) is 0 Å². The van der Waals surface area contributed by atoms with Crippen LogP contribution in [0.3, 0.4) is 0 Å². The van der Waals surface area contributed by atoms with Crippen molar-refractivity contribution in [2.45, 2.75) is 51.2 Å². The Morgan fingerprint density at radius 3 is 2.25 bits per heavy atom. The van der Waals surface area contributed by atoms with Gasteiger partial charge in [-0.25, -0.2) is 0 Å². The molecule has 1 atom stereocenters. The second-order valence-electron chi connectivity index (χ2n) is 5.63. The quantitative estimate of drug-likeness (QED) is 0.777.